The van der Waals surface area contributed by atoms with E-state index in [2.05, 4.69) is 15.9 Å². The maximum atomic E-state index is 11.7. The highest BCUT2D eigenvalue weighted by molar-refractivity contribution is 9.10. The molecule has 0 bridgehead atoms. The van der Waals surface area contributed by atoms with Crippen molar-refractivity contribution in [3.8, 4) is 11.5 Å². The molecule has 0 atom stereocenters. The second-order valence-electron chi connectivity index (χ2n) is 4.50. The Bertz CT molecular complexity index is 695. The summed E-state index contributed by atoms with van der Waals surface area (Å²) < 4.78 is 11.1. The number of aromatic hydroxyl groups is 1. The van der Waals surface area contributed by atoms with Crippen molar-refractivity contribution in [3.05, 3.63) is 64.1 Å². The monoisotopic (exact) mass is 362 g/mol. The van der Waals surface area contributed by atoms with Gasteiger partial charge in [-0.15, -0.1) is 0 Å². The van der Waals surface area contributed by atoms with Gasteiger partial charge in [0, 0.05) is 10.5 Å². The number of methoxy groups -OCH3 is 1. The lowest BCUT2D eigenvalue weighted by atomic mass is 10.2. The van der Waals surface area contributed by atoms with Crippen molar-refractivity contribution in [2.24, 2.45) is 0 Å². The van der Waals surface area contributed by atoms with E-state index in [0.717, 1.165) is 15.6 Å². The predicted molar refractivity (Wildman–Crippen MR) is 87.6 cm³/mol. The number of phenolic OH excluding ortho intramolecular Hbond substituents is 1. The molecule has 0 aliphatic heterocycles. The van der Waals surface area contributed by atoms with Gasteiger partial charge in [0.1, 0.15) is 6.61 Å². The summed E-state index contributed by atoms with van der Waals surface area (Å²) in [6, 6.07) is 12.4. The average molecular weight is 363 g/mol. The smallest absolute Gasteiger partial charge is 0.331 e. The number of carbonyl (C=O) groups is 1. The van der Waals surface area contributed by atoms with Crippen molar-refractivity contribution in [1.29, 1.82) is 0 Å². The Morgan fingerprint density at radius 3 is 2.82 bits per heavy atom. The Kier molecular flexibility index (Phi) is 5.61. The number of hydrogen-bond acceptors (Lipinski definition) is 4. The lowest BCUT2D eigenvalue weighted by Gasteiger charge is -2.04. The second kappa shape index (κ2) is 7.66. The highest BCUT2D eigenvalue weighted by Crippen LogP contribution is 2.26. The van der Waals surface area contributed by atoms with Crippen LogP contribution in [0.2, 0.25) is 0 Å². The molecule has 0 fully saturated rings. The van der Waals surface area contributed by atoms with Crippen molar-refractivity contribution in [2.45, 2.75) is 6.61 Å². The minimum Gasteiger partial charge on any atom is -0.504 e. The number of ether oxygens (including phenoxy) is 2. The fourth-order valence-electron chi connectivity index (χ4n) is 1.79. The van der Waals surface area contributed by atoms with Crippen LogP contribution < -0.4 is 4.74 Å². The van der Waals surface area contributed by atoms with Crippen LogP contribution in [0.25, 0.3) is 6.08 Å². The first-order valence-corrected chi connectivity index (χ1v) is 7.34. The number of halogens is 1. The van der Waals surface area contributed by atoms with E-state index in [4.69, 9.17) is 9.47 Å². The molecule has 4 nitrogen and oxygen atoms in total. The zero-order valence-electron chi connectivity index (χ0n) is 12.0. The number of hydrogen-bond donors (Lipinski definition) is 1. The molecule has 114 valence electrons. The number of rotatable bonds is 5. The standard InChI is InChI=1S/C17H15BrO4/c1-21-16-10-12(5-7-15(16)19)6-8-17(20)22-11-13-3-2-4-14(18)9-13/h2-10,19H,11H2,1H3/b8-6+. The van der Waals surface area contributed by atoms with E-state index < -0.39 is 5.97 Å². The molecule has 22 heavy (non-hydrogen) atoms. The van der Waals surface area contributed by atoms with Crippen LogP contribution >= 0.6 is 15.9 Å². The van der Waals surface area contributed by atoms with E-state index in [0.29, 0.717) is 5.75 Å². The summed E-state index contributed by atoms with van der Waals surface area (Å²) in [6.07, 6.45) is 2.94. The SMILES string of the molecule is COc1cc(/C=C/C(=O)OCc2cccc(Br)c2)ccc1O. The first kappa shape index (κ1) is 16.1. The van der Waals surface area contributed by atoms with Crippen molar-refractivity contribution in [2.75, 3.05) is 7.11 Å². The number of phenols is 1. The highest BCUT2D eigenvalue weighted by Gasteiger charge is 2.02. The molecule has 2 aromatic rings. The van der Waals surface area contributed by atoms with Gasteiger partial charge in [0.15, 0.2) is 11.5 Å². The Morgan fingerprint density at radius 2 is 2.09 bits per heavy atom. The molecule has 0 unspecified atom stereocenters. The molecule has 0 aromatic heterocycles. The molecule has 2 rings (SSSR count). The van der Waals surface area contributed by atoms with E-state index in [-0.39, 0.29) is 12.4 Å². The van der Waals surface area contributed by atoms with Gasteiger partial charge in [0.25, 0.3) is 0 Å². The number of esters is 1. The van der Waals surface area contributed by atoms with Crippen molar-refractivity contribution in [1.82, 2.24) is 0 Å². The molecule has 0 radical (unpaired) electrons. The van der Waals surface area contributed by atoms with Crippen molar-refractivity contribution < 1.29 is 19.4 Å². The lowest BCUT2D eigenvalue weighted by molar-refractivity contribution is -0.138. The summed E-state index contributed by atoms with van der Waals surface area (Å²) in [7, 11) is 1.47. The lowest BCUT2D eigenvalue weighted by Crippen LogP contribution is -2.00. The summed E-state index contributed by atoms with van der Waals surface area (Å²) in [5, 5.41) is 9.50. The van der Waals surface area contributed by atoms with Gasteiger partial charge in [-0.2, -0.15) is 0 Å². The topological polar surface area (TPSA) is 55.8 Å². The minimum absolute atomic E-state index is 0.0527. The number of carbonyl (C=O) groups excluding carboxylic acids is 1. The summed E-state index contributed by atoms with van der Waals surface area (Å²) in [5.74, 6) is -0.0337. The molecule has 5 heteroatoms. The fraction of sp³-hybridized carbons (Fsp3) is 0.118. The van der Waals surface area contributed by atoms with E-state index >= 15 is 0 Å². The van der Waals surface area contributed by atoms with Gasteiger partial charge in [-0.3, -0.25) is 0 Å². The number of benzene rings is 2. The van der Waals surface area contributed by atoms with E-state index in [1.165, 1.54) is 19.3 Å². The predicted octanol–water partition coefficient (Wildman–Crippen LogP) is 3.92. The first-order chi connectivity index (χ1) is 10.6. The van der Waals surface area contributed by atoms with Crippen LogP contribution in [0.3, 0.4) is 0 Å². The Morgan fingerprint density at radius 1 is 1.27 bits per heavy atom. The molecular weight excluding hydrogens is 348 g/mol. The fourth-order valence-corrected chi connectivity index (χ4v) is 2.24. The maximum Gasteiger partial charge on any atom is 0.331 e. The Balaban J connectivity index is 1.94. The van der Waals surface area contributed by atoms with Crippen LogP contribution in [0.5, 0.6) is 11.5 Å². The minimum atomic E-state index is -0.438. The van der Waals surface area contributed by atoms with Crippen LogP contribution in [0, 0.1) is 0 Å². The quantitative estimate of drug-likeness (QED) is 0.646. The summed E-state index contributed by atoms with van der Waals surface area (Å²) in [5.41, 5.74) is 1.64. The third-order valence-corrected chi connectivity index (χ3v) is 3.38. The van der Waals surface area contributed by atoms with Gasteiger partial charge in [-0.25, -0.2) is 4.79 Å². The average Bonchev–Trinajstić information content (AvgIpc) is 2.52. The maximum absolute atomic E-state index is 11.7. The van der Waals surface area contributed by atoms with Gasteiger partial charge in [-0.1, -0.05) is 34.1 Å². The van der Waals surface area contributed by atoms with Crippen molar-refractivity contribution >= 4 is 28.0 Å². The molecule has 0 aliphatic rings. The van der Waals surface area contributed by atoms with E-state index in [1.807, 2.05) is 24.3 Å². The molecule has 0 aliphatic carbocycles. The molecule has 0 amide bonds. The summed E-state index contributed by atoms with van der Waals surface area (Å²) >= 11 is 3.36. The largest absolute Gasteiger partial charge is 0.504 e. The molecular formula is C17H15BrO4. The Labute approximate surface area is 137 Å². The van der Waals surface area contributed by atoms with Crippen LogP contribution in [0.1, 0.15) is 11.1 Å². The van der Waals surface area contributed by atoms with E-state index in [1.54, 1.807) is 18.2 Å². The van der Waals surface area contributed by atoms with Crippen molar-refractivity contribution in [3.63, 3.8) is 0 Å². The molecule has 0 heterocycles. The highest BCUT2D eigenvalue weighted by atomic mass is 79.9. The van der Waals surface area contributed by atoms with Gasteiger partial charge in [0.2, 0.25) is 0 Å². The van der Waals surface area contributed by atoms with Gasteiger partial charge in [-0.05, 0) is 41.5 Å². The molecule has 1 N–H and O–H groups in total. The Hall–Kier alpha value is -2.27. The van der Waals surface area contributed by atoms with Crippen LogP contribution in [0.4, 0.5) is 0 Å². The molecule has 0 saturated heterocycles. The van der Waals surface area contributed by atoms with Gasteiger partial charge >= 0.3 is 5.97 Å². The molecule has 0 saturated carbocycles. The third-order valence-electron chi connectivity index (χ3n) is 2.89. The second-order valence-corrected chi connectivity index (χ2v) is 5.42. The zero-order chi connectivity index (χ0) is 15.9. The first-order valence-electron chi connectivity index (χ1n) is 6.55. The zero-order valence-corrected chi connectivity index (χ0v) is 13.5. The van der Waals surface area contributed by atoms with E-state index in [9.17, 15) is 9.90 Å². The van der Waals surface area contributed by atoms with Gasteiger partial charge in [0.05, 0.1) is 7.11 Å². The van der Waals surface area contributed by atoms with Gasteiger partial charge < -0.3 is 14.6 Å². The van der Waals surface area contributed by atoms with Crippen LogP contribution in [0.15, 0.2) is 53.0 Å². The van der Waals surface area contributed by atoms with Crippen LogP contribution in [-0.4, -0.2) is 18.2 Å². The summed E-state index contributed by atoms with van der Waals surface area (Å²) in [6.45, 7) is 0.210. The molecule has 0 spiro atoms. The normalized spacial score (nSPS) is 10.6. The molecule has 2 aromatic carbocycles. The van der Waals surface area contributed by atoms with Crippen LogP contribution in [-0.2, 0) is 16.1 Å². The third kappa shape index (κ3) is 4.63. The summed E-state index contributed by atoms with van der Waals surface area (Å²) in [4.78, 5) is 11.7.